The molecule has 0 saturated carbocycles. The van der Waals surface area contributed by atoms with E-state index in [0.29, 0.717) is 0 Å². The van der Waals surface area contributed by atoms with Crippen molar-refractivity contribution in [3.05, 3.63) is 0 Å². The summed E-state index contributed by atoms with van der Waals surface area (Å²) >= 11 is 0. The number of hydrogen-bond acceptors (Lipinski definition) is 2. The second-order valence-corrected chi connectivity index (χ2v) is 2.27. The lowest BCUT2D eigenvalue weighted by Crippen LogP contribution is -2.22. The van der Waals surface area contributed by atoms with Gasteiger partial charge in [-0.15, -0.1) is 0 Å². The molecule has 2 heteroatoms. The molecule has 1 unspecified atom stereocenters. The van der Waals surface area contributed by atoms with Crippen molar-refractivity contribution in [2.45, 2.75) is 18.9 Å². The van der Waals surface area contributed by atoms with Crippen molar-refractivity contribution in [1.82, 2.24) is 4.90 Å². The molecular formula is C6H10N2. The highest BCUT2D eigenvalue weighted by atomic mass is 15.1. The smallest absolute Gasteiger partial charge is 0.0975 e. The Labute approximate surface area is 49.7 Å². The van der Waals surface area contributed by atoms with Crippen LogP contribution in [-0.4, -0.2) is 24.5 Å². The molecule has 1 fully saturated rings. The molecule has 0 aromatic heterocycles. The van der Waals surface area contributed by atoms with Crippen LogP contribution >= 0.6 is 0 Å². The summed E-state index contributed by atoms with van der Waals surface area (Å²) in [4.78, 5) is 2.10. The fourth-order valence-corrected chi connectivity index (χ4v) is 1.07. The molecule has 1 rings (SSSR count). The van der Waals surface area contributed by atoms with Crippen LogP contribution in [0.5, 0.6) is 0 Å². The van der Waals surface area contributed by atoms with Crippen molar-refractivity contribution in [1.29, 1.82) is 5.26 Å². The number of nitriles is 1. The van der Waals surface area contributed by atoms with Gasteiger partial charge in [0.15, 0.2) is 0 Å². The molecule has 1 atom stereocenters. The van der Waals surface area contributed by atoms with Gasteiger partial charge in [0.1, 0.15) is 0 Å². The molecular weight excluding hydrogens is 100 g/mol. The number of rotatable bonds is 0. The second-order valence-electron chi connectivity index (χ2n) is 2.27. The van der Waals surface area contributed by atoms with Crippen LogP contribution in [0.4, 0.5) is 0 Å². The Bertz CT molecular complexity index is 114. The van der Waals surface area contributed by atoms with Crippen LogP contribution in [0, 0.1) is 11.3 Å². The van der Waals surface area contributed by atoms with Gasteiger partial charge < -0.3 is 0 Å². The highest BCUT2D eigenvalue weighted by molar-refractivity contribution is 4.94. The molecule has 8 heavy (non-hydrogen) atoms. The van der Waals surface area contributed by atoms with Gasteiger partial charge in [0, 0.05) is 0 Å². The van der Waals surface area contributed by atoms with E-state index >= 15 is 0 Å². The maximum Gasteiger partial charge on any atom is 0.0975 e. The Hall–Kier alpha value is -0.550. The fourth-order valence-electron chi connectivity index (χ4n) is 1.07. The predicted molar refractivity (Wildman–Crippen MR) is 31.3 cm³/mol. The summed E-state index contributed by atoms with van der Waals surface area (Å²) in [6.07, 6.45) is 2.25. The van der Waals surface area contributed by atoms with Crippen LogP contribution in [0.1, 0.15) is 12.8 Å². The molecule has 0 N–H and O–H groups in total. The third-order valence-corrected chi connectivity index (χ3v) is 1.67. The summed E-state index contributed by atoms with van der Waals surface area (Å²) < 4.78 is 0. The first-order valence-electron chi connectivity index (χ1n) is 2.94. The Kier molecular flexibility index (Phi) is 1.50. The van der Waals surface area contributed by atoms with Gasteiger partial charge >= 0.3 is 0 Å². The van der Waals surface area contributed by atoms with E-state index in [1.165, 1.54) is 6.42 Å². The molecule has 1 saturated heterocycles. The van der Waals surface area contributed by atoms with Crippen molar-refractivity contribution >= 4 is 0 Å². The molecule has 0 aliphatic carbocycles. The average Bonchev–Trinajstić information content (AvgIpc) is 2.14. The van der Waals surface area contributed by atoms with Gasteiger partial charge in [-0.05, 0) is 26.4 Å². The summed E-state index contributed by atoms with van der Waals surface area (Å²) in [5.41, 5.74) is 0. The van der Waals surface area contributed by atoms with Gasteiger partial charge in [-0.2, -0.15) is 5.26 Å². The van der Waals surface area contributed by atoms with Crippen molar-refractivity contribution in [3.8, 4) is 6.07 Å². The molecule has 44 valence electrons. The monoisotopic (exact) mass is 110 g/mol. The van der Waals surface area contributed by atoms with Crippen LogP contribution in [0.2, 0.25) is 0 Å². The largest absolute Gasteiger partial charge is 0.291 e. The van der Waals surface area contributed by atoms with Crippen LogP contribution in [0.15, 0.2) is 0 Å². The average molecular weight is 110 g/mol. The van der Waals surface area contributed by atoms with Crippen LogP contribution in [0.3, 0.4) is 0 Å². The minimum Gasteiger partial charge on any atom is -0.291 e. The van der Waals surface area contributed by atoms with Gasteiger partial charge in [0.05, 0.1) is 12.1 Å². The maximum absolute atomic E-state index is 8.44. The quantitative estimate of drug-likeness (QED) is 0.456. The topological polar surface area (TPSA) is 27.0 Å². The highest BCUT2D eigenvalue weighted by Gasteiger charge is 2.18. The maximum atomic E-state index is 8.44. The normalized spacial score (nSPS) is 30.2. The number of hydrogen-bond donors (Lipinski definition) is 0. The first-order chi connectivity index (χ1) is 3.84. The molecule has 0 bridgehead atoms. The third kappa shape index (κ3) is 0.823. The molecule has 0 amide bonds. The Morgan fingerprint density at radius 2 is 2.50 bits per heavy atom. The SMILES string of the molecule is CN1CCCC1C#N. The van der Waals surface area contributed by atoms with E-state index in [2.05, 4.69) is 11.0 Å². The van der Waals surface area contributed by atoms with E-state index in [0.717, 1.165) is 13.0 Å². The summed E-state index contributed by atoms with van der Waals surface area (Å²) in [5, 5.41) is 8.44. The van der Waals surface area contributed by atoms with Gasteiger partial charge in [0.2, 0.25) is 0 Å². The molecule has 1 heterocycles. The fraction of sp³-hybridized carbons (Fsp3) is 0.833. The lowest BCUT2D eigenvalue weighted by atomic mass is 10.2. The van der Waals surface area contributed by atoms with E-state index < -0.39 is 0 Å². The first-order valence-corrected chi connectivity index (χ1v) is 2.94. The van der Waals surface area contributed by atoms with E-state index in [1.807, 2.05) is 7.05 Å². The molecule has 1 aliphatic heterocycles. The third-order valence-electron chi connectivity index (χ3n) is 1.67. The summed E-state index contributed by atoms with van der Waals surface area (Å²) in [7, 11) is 2.00. The van der Waals surface area contributed by atoms with Gasteiger partial charge in [-0.25, -0.2) is 0 Å². The lowest BCUT2D eigenvalue weighted by molar-refractivity contribution is 0.363. The van der Waals surface area contributed by atoms with E-state index in [4.69, 9.17) is 5.26 Å². The lowest BCUT2D eigenvalue weighted by Gasteiger charge is -2.09. The van der Waals surface area contributed by atoms with Gasteiger partial charge in [-0.1, -0.05) is 0 Å². The van der Waals surface area contributed by atoms with Crippen molar-refractivity contribution in [2.75, 3.05) is 13.6 Å². The van der Waals surface area contributed by atoms with Crippen LogP contribution in [0.25, 0.3) is 0 Å². The summed E-state index contributed by atoms with van der Waals surface area (Å²) in [5.74, 6) is 0. The second kappa shape index (κ2) is 2.15. The number of nitrogens with zero attached hydrogens (tertiary/aromatic N) is 2. The predicted octanol–water partition coefficient (Wildman–Crippen LogP) is 0.604. The van der Waals surface area contributed by atoms with Crippen molar-refractivity contribution in [2.24, 2.45) is 0 Å². The zero-order valence-corrected chi connectivity index (χ0v) is 5.09. The van der Waals surface area contributed by atoms with E-state index in [-0.39, 0.29) is 6.04 Å². The summed E-state index contributed by atoms with van der Waals surface area (Å²) in [6, 6.07) is 2.44. The van der Waals surface area contributed by atoms with E-state index in [9.17, 15) is 0 Å². The molecule has 0 aromatic rings. The number of likely N-dealkylation sites (tertiary alicyclic amines) is 1. The Morgan fingerprint density at radius 3 is 2.75 bits per heavy atom. The summed E-state index contributed by atoms with van der Waals surface area (Å²) in [6.45, 7) is 1.10. The van der Waals surface area contributed by atoms with Crippen molar-refractivity contribution in [3.63, 3.8) is 0 Å². The molecule has 0 spiro atoms. The first kappa shape index (κ1) is 5.58. The zero-order chi connectivity index (χ0) is 5.98. The van der Waals surface area contributed by atoms with Crippen LogP contribution in [-0.2, 0) is 0 Å². The standard InChI is InChI=1S/C6H10N2/c1-8-4-2-3-6(8)5-7/h6H,2-4H2,1H3. The molecule has 1 aliphatic rings. The zero-order valence-electron chi connectivity index (χ0n) is 5.09. The van der Waals surface area contributed by atoms with Crippen molar-refractivity contribution < 1.29 is 0 Å². The molecule has 0 aromatic carbocycles. The van der Waals surface area contributed by atoms with E-state index in [1.54, 1.807) is 0 Å². The highest BCUT2D eigenvalue weighted by Crippen LogP contribution is 2.12. The van der Waals surface area contributed by atoms with Gasteiger partial charge in [-0.3, -0.25) is 4.90 Å². The van der Waals surface area contributed by atoms with Gasteiger partial charge in [0.25, 0.3) is 0 Å². The molecule has 0 radical (unpaired) electrons. The minimum absolute atomic E-state index is 0.204. The Morgan fingerprint density at radius 1 is 1.75 bits per heavy atom. The van der Waals surface area contributed by atoms with Crippen LogP contribution < -0.4 is 0 Å². The minimum atomic E-state index is 0.204. The molecule has 2 nitrogen and oxygen atoms in total. The Balaban J connectivity index is 2.45.